The summed E-state index contributed by atoms with van der Waals surface area (Å²) in [5.41, 5.74) is 1.05. The SMILES string of the molecule is COCCCNc1nccn1-c1ccc(OC)cc1. The maximum Gasteiger partial charge on any atom is 0.207 e. The maximum absolute atomic E-state index is 5.15. The van der Waals surface area contributed by atoms with Gasteiger partial charge in [-0.15, -0.1) is 0 Å². The summed E-state index contributed by atoms with van der Waals surface area (Å²) in [6.07, 6.45) is 4.66. The van der Waals surface area contributed by atoms with Crippen molar-refractivity contribution in [1.82, 2.24) is 9.55 Å². The Labute approximate surface area is 113 Å². The number of hydrogen-bond donors (Lipinski definition) is 1. The summed E-state index contributed by atoms with van der Waals surface area (Å²) in [5, 5.41) is 3.30. The molecule has 0 amide bonds. The Morgan fingerprint density at radius 1 is 1.21 bits per heavy atom. The van der Waals surface area contributed by atoms with E-state index in [2.05, 4.69) is 10.3 Å². The molecule has 1 heterocycles. The molecule has 2 rings (SSSR count). The van der Waals surface area contributed by atoms with E-state index in [1.54, 1.807) is 20.4 Å². The van der Waals surface area contributed by atoms with Crippen LogP contribution in [0.2, 0.25) is 0 Å². The monoisotopic (exact) mass is 261 g/mol. The van der Waals surface area contributed by atoms with Gasteiger partial charge in [0.15, 0.2) is 0 Å². The Balaban J connectivity index is 2.05. The van der Waals surface area contributed by atoms with Crippen LogP contribution >= 0.6 is 0 Å². The van der Waals surface area contributed by atoms with Crippen molar-refractivity contribution in [2.24, 2.45) is 0 Å². The van der Waals surface area contributed by atoms with E-state index < -0.39 is 0 Å². The zero-order valence-electron chi connectivity index (χ0n) is 11.3. The molecule has 0 atom stereocenters. The molecule has 5 nitrogen and oxygen atoms in total. The lowest BCUT2D eigenvalue weighted by molar-refractivity contribution is 0.197. The van der Waals surface area contributed by atoms with Crippen molar-refractivity contribution in [2.45, 2.75) is 6.42 Å². The Kier molecular flexibility index (Phi) is 4.80. The van der Waals surface area contributed by atoms with Gasteiger partial charge in [0.05, 0.1) is 7.11 Å². The van der Waals surface area contributed by atoms with E-state index in [0.29, 0.717) is 0 Å². The molecule has 2 aromatic rings. The molecule has 0 saturated heterocycles. The molecular formula is C14H19N3O2. The van der Waals surface area contributed by atoms with Crippen molar-refractivity contribution >= 4 is 5.95 Å². The van der Waals surface area contributed by atoms with Gasteiger partial charge in [0.2, 0.25) is 5.95 Å². The molecule has 1 N–H and O–H groups in total. The lowest BCUT2D eigenvalue weighted by Gasteiger charge is -2.10. The molecule has 5 heteroatoms. The zero-order chi connectivity index (χ0) is 13.5. The van der Waals surface area contributed by atoms with E-state index in [1.165, 1.54) is 0 Å². The van der Waals surface area contributed by atoms with Gasteiger partial charge in [-0.3, -0.25) is 4.57 Å². The number of methoxy groups -OCH3 is 2. The summed E-state index contributed by atoms with van der Waals surface area (Å²) in [4.78, 5) is 4.31. The van der Waals surface area contributed by atoms with Gasteiger partial charge in [0.1, 0.15) is 5.75 Å². The minimum Gasteiger partial charge on any atom is -0.497 e. The van der Waals surface area contributed by atoms with Crippen LogP contribution in [0.4, 0.5) is 5.95 Å². The van der Waals surface area contributed by atoms with Crippen molar-refractivity contribution in [3.05, 3.63) is 36.7 Å². The van der Waals surface area contributed by atoms with Crippen LogP contribution in [0.3, 0.4) is 0 Å². The number of imidazole rings is 1. The number of nitrogens with one attached hydrogen (secondary N) is 1. The fourth-order valence-electron chi connectivity index (χ4n) is 1.80. The summed E-state index contributed by atoms with van der Waals surface area (Å²) in [6, 6.07) is 7.87. The van der Waals surface area contributed by atoms with E-state index in [-0.39, 0.29) is 0 Å². The maximum atomic E-state index is 5.15. The molecule has 1 aromatic carbocycles. The van der Waals surface area contributed by atoms with Crippen LogP contribution < -0.4 is 10.1 Å². The third kappa shape index (κ3) is 3.48. The Bertz CT molecular complexity index is 494. The number of nitrogens with zero attached hydrogens (tertiary/aromatic N) is 2. The Hall–Kier alpha value is -2.01. The van der Waals surface area contributed by atoms with Crippen molar-refractivity contribution in [3.8, 4) is 11.4 Å². The fourth-order valence-corrected chi connectivity index (χ4v) is 1.80. The average molecular weight is 261 g/mol. The molecule has 102 valence electrons. The van der Waals surface area contributed by atoms with Crippen LogP contribution in [0.1, 0.15) is 6.42 Å². The number of benzene rings is 1. The predicted octanol–water partition coefficient (Wildman–Crippen LogP) is 2.33. The molecule has 0 radical (unpaired) electrons. The molecule has 19 heavy (non-hydrogen) atoms. The van der Waals surface area contributed by atoms with Gasteiger partial charge in [-0.2, -0.15) is 0 Å². The van der Waals surface area contributed by atoms with E-state index in [1.807, 2.05) is 35.0 Å². The molecule has 1 aromatic heterocycles. The van der Waals surface area contributed by atoms with Gasteiger partial charge < -0.3 is 14.8 Å². The normalized spacial score (nSPS) is 10.4. The van der Waals surface area contributed by atoms with Crippen LogP contribution in [-0.4, -0.2) is 36.9 Å². The standard InChI is InChI=1S/C14H19N3O2/c1-18-11-3-8-15-14-16-9-10-17(14)12-4-6-13(19-2)7-5-12/h4-7,9-10H,3,8,11H2,1-2H3,(H,15,16). The second kappa shape index (κ2) is 6.80. The van der Waals surface area contributed by atoms with Gasteiger partial charge in [0, 0.05) is 38.3 Å². The highest BCUT2D eigenvalue weighted by Gasteiger charge is 2.04. The number of rotatable bonds is 7. The first kappa shape index (κ1) is 13.4. The Morgan fingerprint density at radius 2 is 2.00 bits per heavy atom. The number of ether oxygens (including phenoxy) is 2. The minimum absolute atomic E-state index is 0.746. The zero-order valence-corrected chi connectivity index (χ0v) is 11.3. The lowest BCUT2D eigenvalue weighted by Crippen LogP contribution is -2.09. The van der Waals surface area contributed by atoms with E-state index in [9.17, 15) is 0 Å². The molecule has 0 bridgehead atoms. The third-order valence-electron chi connectivity index (χ3n) is 2.80. The van der Waals surface area contributed by atoms with E-state index in [4.69, 9.17) is 9.47 Å². The van der Waals surface area contributed by atoms with Crippen LogP contribution in [0, 0.1) is 0 Å². The molecule has 0 aliphatic rings. The summed E-state index contributed by atoms with van der Waals surface area (Å²) in [7, 11) is 3.37. The number of aromatic nitrogens is 2. The number of anilines is 1. The summed E-state index contributed by atoms with van der Waals surface area (Å²) in [6.45, 7) is 1.58. The van der Waals surface area contributed by atoms with E-state index in [0.717, 1.165) is 37.0 Å². The van der Waals surface area contributed by atoms with Crippen molar-refractivity contribution in [1.29, 1.82) is 0 Å². The highest BCUT2D eigenvalue weighted by molar-refractivity contribution is 5.44. The largest absolute Gasteiger partial charge is 0.497 e. The van der Waals surface area contributed by atoms with Gasteiger partial charge in [0.25, 0.3) is 0 Å². The first-order valence-corrected chi connectivity index (χ1v) is 6.25. The molecule has 0 aliphatic carbocycles. The van der Waals surface area contributed by atoms with Crippen molar-refractivity contribution in [3.63, 3.8) is 0 Å². The quantitative estimate of drug-likeness (QED) is 0.777. The summed E-state index contributed by atoms with van der Waals surface area (Å²) >= 11 is 0. The lowest BCUT2D eigenvalue weighted by atomic mass is 10.3. The van der Waals surface area contributed by atoms with Crippen LogP contribution in [-0.2, 0) is 4.74 Å². The average Bonchev–Trinajstić information content (AvgIpc) is 2.92. The van der Waals surface area contributed by atoms with Gasteiger partial charge in [-0.1, -0.05) is 0 Å². The minimum atomic E-state index is 0.746. The molecule has 0 spiro atoms. The highest BCUT2D eigenvalue weighted by atomic mass is 16.5. The fraction of sp³-hybridized carbons (Fsp3) is 0.357. The number of hydrogen-bond acceptors (Lipinski definition) is 4. The van der Waals surface area contributed by atoms with Crippen molar-refractivity contribution in [2.75, 3.05) is 32.7 Å². The topological polar surface area (TPSA) is 48.3 Å². The van der Waals surface area contributed by atoms with Crippen LogP contribution in [0.15, 0.2) is 36.7 Å². The van der Waals surface area contributed by atoms with Gasteiger partial charge in [-0.25, -0.2) is 4.98 Å². The van der Waals surface area contributed by atoms with E-state index >= 15 is 0 Å². The first-order chi connectivity index (χ1) is 9.35. The third-order valence-corrected chi connectivity index (χ3v) is 2.80. The Morgan fingerprint density at radius 3 is 2.68 bits per heavy atom. The van der Waals surface area contributed by atoms with Crippen molar-refractivity contribution < 1.29 is 9.47 Å². The molecule has 0 fully saturated rings. The van der Waals surface area contributed by atoms with Crippen LogP contribution in [0.5, 0.6) is 5.75 Å². The highest BCUT2D eigenvalue weighted by Crippen LogP contribution is 2.18. The first-order valence-electron chi connectivity index (χ1n) is 6.25. The van der Waals surface area contributed by atoms with Gasteiger partial charge in [-0.05, 0) is 30.7 Å². The molecule has 0 saturated carbocycles. The molecular weight excluding hydrogens is 242 g/mol. The smallest absolute Gasteiger partial charge is 0.207 e. The molecule has 0 aliphatic heterocycles. The predicted molar refractivity (Wildman–Crippen MR) is 75.1 cm³/mol. The van der Waals surface area contributed by atoms with Gasteiger partial charge >= 0.3 is 0 Å². The van der Waals surface area contributed by atoms with Crippen LogP contribution in [0.25, 0.3) is 5.69 Å². The second-order valence-corrected chi connectivity index (χ2v) is 4.09. The molecule has 0 unspecified atom stereocenters. The second-order valence-electron chi connectivity index (χ2n) is 4.09. The summed E-state index contributed by atoms with van der Waals surface area (Å²) < 4.78 is 12.2. The summed E-state index contributed by atoms with van der Waals surface area (Å²) in [5.74, 6) is 1.68.